The van der Waals surface area contributed by atoms with Gasteiger partial charge in [-0.3, -0.25) is 9.59 Å². The van der Waals surface area contributed by atoms with Crippen LogP contribution in [0.1, 0.15) is 81.3 Å². The molecule has 2 atom stereocenters. The van der Waals surface area contributed by atoms with E-state index in [2.05, 4.69) is 43.0 Å². The van der Waals surface area contributed by atoms with Crippen LogP contribution in [0.2, 0.25) is 0 Å². The number of carbonyl (C=O) groups excluding carboxylic acids is 2. The normalized spacial score (nSPS) is 14.7. The van der Waals surface area contributed by atoms with Gasteiger partial charge in [0.2, 0.25) is 5.91 Å². The predicted molar refractivity (Wildman–Crippen MR) is 200 cm³/mol. The first-order chi connectivity index (χ1) is 24.5. The van der Waals surface area contributed by atoms with Crippen LogP contribution in [0.4, 0.5) is 0 Å². The van der Waals surface area contributed by atoms with E-state index in [0.29, 0.717) is 11.4 Å². The van der Waals surface area contributed by atoms with Crippen molar-refractivity contribution in [3.63, 3.8) is 0 Å². The minimum atomic E-state index is -1.12. The van der Waals surface area contributed by atoms with Gasteiger partial charge >= 0.3 is 5.97 Å². The van der Waals surface area contributed by atoms with Crippen molar-refractivity contribution >= 4 is 17.8 Å². The maximum Gasteiger partial charge on any atom is 0.330 e. The van der Waals surface area contributed by atoms with Crippen molar-refractivity contribution in [1.82, 2.24) is 20.2 Å². The van der Waals surface area contributed by atoms with E-state index in [9.17, 15) is 19.5 Å². The van der Waals surface area contributed by atoms with Gasteiger partial charge in [0, 0.05) is 42.0 Å². The lowest BCUT2D eigenvalue weighted by Gasteiger charge is -2.27. The number of unbranched alkanes of at least 4 members (excludes halogenated alkanes) is 4. The number of carbonyl (C=O) groups is 3. The molecule has 2 amide bonds. The zero-order chi connectivity index (χ0) is 36.4. The van der Waals surface area contributed by atoms with E-state index in [1.807, 2.05) is 60.7 Å². The predicted octanol–water partition coefficient (Wildman–Crippen LogP) is 7.65. The van der Waals surface area contributed by atoms with Crippen molar-refractivity contribution in [2.75, 3.05) is 13.2 Å². The summed E-state index contributed by atoms with van der Waals surface area (Å²) in [6.45, 7) is 9.38. The quantitative estimate of drug-likeness (QED) is 0.0972. The number of nitrogens with zero attached hydrogens (tertiary/aromatic N) is 3. The van der Waals surface area contributed by atoms with Crippen LogP contribution in [-0.2, 0) is 21.4 Å². The van der Waals surface area contributed by atoms with Crippen LogP contribution in [0.3, 0.4) is 0 Å². The molecule has 9 nitrogen and oxygen atoms in total. The molecule has 0 saturated heterocycles. The summed E-state index contributed by atoms with van der Waals surface area (Å²) in [5.74, 6) is -0.579. The fourth-order valence-electron chi connectivity index (χ4n) is 6.02. The fraction of sp³-hybridized carbons (Fsp3) is 0.357. The molecule has 266 valence electrons. The summed E-state index contributed by atoms with van der Waals surface area (Å²) < 4.78 is 5.89. The molecule has 3 aromatic carbocycles. The van der Waals surface area contributed by atoms with Crippen LogP contribution in [0.25, 0.3) is 22.5 Å². The SMILES string of the molecule is CCCCCCCOc1ccc(-c2cnc(-c3ccc(C[C@H](NC(=O)c4ccc(C(C)(C)C)cc4)C(=O)N4CC=CC4C(=O)O)cc3)nc2)cc1. The molecular formula is C42H48N4O5. The highest BCUT2D eigenvalue weighted by Gasteiger charge is 2.35. The minimum Gasteiger partial charge on any atom is -0.494 e. The number of rotatable bonds is 15. The Hall–Kier alpha value is -5.31. The van der Waals surface area contributed by atoms with Crippen LogP contribution in [-0.4, -0.2) is 63.0 Å². The molecule has 2 N–H and O–H groups in total. The Morgan fingerprint density at radius 1 is 0.863 bits per heavy atom. The van der Waals surface area contributed by atoms with Gasteiger partial charge in [0.15, 0.2) is 5.82 Å². The van der Waals surface area contributed by atoms with Crippen LogP contribution in [0.5, 0.6) is 5.75 Å². The topological polar surface area (TPSA) is 122 Å². The van der Waals surface area contributed by atoms with Gasteiger partial charge in [-0.15, -0.1) is 0 Å². The number of nitrogens with one attached hydrogen (secondary N) is 1. The first-order valence-corrected chi connectivity index (χ1v) is 17.8. The van der Waals surface area contributed by atoms with Gasteiger partial charge in [-0.25, -0.2) is 14.8 Å². The van der Waals surface area contributed by atoms with Crippen molar-refractivity contribution in [1.29, 1.82) is 0 Å². The van der Waals surface area contributed by atoms with E-state index in [1.165, 1.54) is 36.7 Å². The molecule has 51 heavy (non-hydrogen) atoms. The highest BCUT2D eigenvalue weighted by atomic mass is 16.5. The lowest BCUT2D eigenvalue weighted by molar-refractivity contribution is -0.147. The number of hydrogen-bond donors (Lipinski definition) is 2. The summed E-state index contributed by atoms with van der Waals surface area (Å²) in [5, 5.41) is 12.6. The van der Waals surface area contributed by atoms with Gasteiger partial charge < -0.3 is 20.1 Å². The molecule has 1 aromatic heterocycles. The molecule has 1 aliphatic rings. The van der Waals surface area contributed by atoms with Crippen LogP contribution in [0, 0.1) is 0 Å². The highest BCUT2D eigenvalue weighted by Crippen LogP contribution is 2.25. The Labute approximate surface area is 300 Å². The molecule has 9 heteroatoms. The molecule has 0 radical (unpaired) electrons. The largest absolute Gasteiger partial charge is 0.494 e. The van der Waals surface area contributed by atoms with E-state index in [1.54, 1.807) is 30.6 Å². The van der Waals surface area contributed by atoms with Gasteiger partial charge in [0.1, 0.15) is 17.8 Å². The third kappa shape index (κ3) is 9.90. The molecule has 1 aliphatic heterocycles. The third-order valence-corrected chi connectivity index (χ3v) is 9.12. The number of aromatic nitrogens is 2. The van der Waals surface area contributed by atoms with Gasteiger partial charge in [0.05, 0.1) is 6.61 Å². The Morgan fingerprint density at radius 3 is 2.14 bits per heavy atom. The molecule has 0 spiro atoms. The Morgan fingerprint density at radius 2 is 1.51 bits per heavy atom. The molecular weight excluding hydrogens is 640 g/mol. The second kappa shape index (κ2) is 17.1. The molecule has 1 unspecified atom stereocenters. The third-order valence-electron chi connectivity index (χ3n) is 9.12. The molecule has 5 rings (SSSR count). The number of ether oxygens (including phenoxy) is 1. The average molecular weight is 689 g/mol. The van der Waals surface area contributed by atoms with E-state index in [4.69, 9.17) is 4.74 Å². The monoisotopic (exact) mass is 688 g/mol. The summed E-state index contributed by atoms with van der Waals surface area (Å²) in [4.78, 5) is 49.5. The summed E-state index contributed by atoms with van der Waals surface area (Å²) in [7, 11) is 0. The maximum absolute atomic E-state index is 13.7. The number of carboxylic acid groups (broad SMARTS) is 1. The number of aliphatic carboxylic acids is 1. The molecule has 0 saturated carbocycles. The van der Waals surface area contributed by atoms with Crippen molar-refractivity contribution < 1.29 is 24.2 Å². The Balaban J connectivity index is 1.25. The van der Waals surface area contributed by atoms with Gasteiger partial charge in [-0.2, -0.15) is 0 Å². The minimum absolute atomic E-state index is 0.0734. The van der Waals surface area contributed by atoms with E-state index >= 15 is 0 Å². The second-order valence-electron chi connectivity index (χ2n) is 14.0. The maximum atomic E-state index is 13.7. The van der Waals surface area contributed by atoms with Gasteiger partial charge in [-0.1, -0.05) is 114 Å². The number of benzene rings is 3. The lowest BCUT2D eigenvalue weighted by atomic mass is 9.86. The van der Waals surface area contributed by atoms with Crippen molar-refractivity contribution in [3.8, 4) is 28.3 Å². The molecule has 0 aliphatic carbocycles. The van der Waals surface area contributed by atoms with Crippen molar-refractivity contribution in [2.45, 2.75) is 83.7 Å². The average Bonchev–Trinajstić information content (AvgIpc) is 3.64. The van der Waals surface area contributed by atoms with Gasteiger partial charge in [0.25, 0.3) is 5.91 Å². The Kier molecular flexibility index (Phi) is 12.4. The smallest absolute Gasteiger partial charge is 0.330 e. The standard InChI is InChI=1S/C42H48N4O5/c1-5-6-7-8-9-25-51-35-22-18-30(19-23-35)33-27-43-38(44-28-33)31-14-12-29(13-15-31)26-36(40(48)46-24-10-11-37(46)41(49)50)45-39(47)32-16-20-34(21-17-32)42(2,3)4/h10-23,27-28,36-37H,5-9,24-26H2,1-4H3,(H,45,47)(H,49,50)/t36-,37?/m0/s1. The summed E-state index contributed by atoms with van der Waals surface area (Å²) in [5.41, 5.74) is 4.91. The van der Waals surface area contributed by atoms with E-state index < -0.39 is 29.9 Å². The summed E-state index contributed by atoms with van der Waals surface area (Å²) >= 11 is 0. The molecule has 0 bridgehead atoms. The molecule has 4 aromatic rings. The van der Waals surface area contributed by atoms with Crippen LogP contribution < -0.4 is 10.1 Å². The first kappa shape index (κ1) is 37.0. The molecule has 0 fully saturated rings. The lowest BCUT2D eigenvalue weighted by Crippen LogP contribution is -2.52. The van der Waals surface area contributed by atoms with Crippen molar-refractivity contribution in [2.24, 2.45) is 0 Å². The first-order valence-electron chi connectivity index (χ1n) is 17.8. The van der Waals surface area contributed by atoms with Crippen LogP contribution >= 0.6 is 0 Å². The highest BCUT2D eigenvalue weighted by molar-refractivity contribution is 5.98. The zero-order valence-corrected chi connectivity index (χ0v) is 30.0. The van der Waals surface area contributed by atoms with Crippen LogP contribution in [0.15, 0.2) is 97.3 Å². The number of hydrogen-bond acceptors (Lipinski definition) is 6. The number of carboxylic acids is 1. The molecule has 2 heterocycles. The zero-order valence-electron chi connectivity index (χ0n) is 30.0. The second-order valence-corrected chi connectivity index (χ2v) is 14.0. The summed E-state index contributed by atoms with van der Waals surface area (Å²) in [6.07, 6.45) is 12.9. The van der Waals surface area contributed by atoms with E-state index in [0.717, 1.165) is 46.6 Å². The van der Waals surface area contributed by atoms with Gasteiger partial charge in [-0.05, 0) is 52.8 Å². The Bertz CT molecular complexity index is 1790. The fourth-order valence-corrected chi connectivity index (χ4v) is 6.02. The van der Waals surface area contributed by atoms with E-state index in [-0.39, 0.29) is 18.4 Å². The van der Waals surface area contributed by atoms with Crippen molar-refractivity contribution in [3.05, 3.63) is 114 Å². The number of amides is 2. The summed E-state index contributed by atoms with van der Waals surface area (Å²) in [6, 6.07) is 20.7.